The van der Waals surface area contributed by atoms with Crippen LogP contribution in [-0.2, 0) is 22.6 Å². The first-order valence-corrected chi connectivity index (χ1v) is 16.7. The minimum Gasteiger partial charge on any atom is -0.373 e. The van der Waals surface area contributed by atoms with Crippen LogP contribution in [0.15, 0.2) is 44.9 Å². The topological polar surface area (TPSA) is 111 Å². The van der Waals surface area contributed by atoms with Crippen molar-refractivity contribution >= 4 is 46.4 Å². The van der Waals surface area contributed by atoms with E-state index in [0.29, 0.717) is 29.6 Å². The van der Waals surface area contributed by atoms with E-state index in [1.54, 1.807) is 6.92 Å². The second-order valence-electron chi connectivity index (χ2n) is 11.9. The van der Waals surface area contributed by atoms with Gasteiger partial charge in [-0.2, -0.15) is 0 Å². The molecule has 2 unspecified atom stereocenters. The molecule has 0 radical (unpaired) electrons. The van der Waals surface area contributed by atoms with Gasteiger partial charge in [0, 0.05) is 53.3 Å². The van der Waals surface area contributed by atoms with Gasteiger partial charge in [-0.3, -0.25) is 4.79 Å². The zero-order chi connectivity index (χ0) is 31.6. The van der Waals surface area contributed by atoms with E-state index in [-0.39, 0.29) is 5.91 Å². The van der Waals surface area contributed by atoms with Gasteiger partial charge in [0.2, 0.25) is 5.91 Å². The van der Waals surface area contributed by atoms with Crippen LogP contribution in [0.25, 0.3) is 5.57 Å². The molecule has 8 nitrogen and oxygen atoms in total. The minimum absolute atomic E-state index is 0.141. The second-order valence-corrected chi connectivity index (χ2v) is 12.8. The number of piperidine rings is 1. The molecule has 2 aromatic rings. The predicted molar refractivity (Wildman–Crippen MR) is 177 cm³/mol. The molecule has 1 aromatic carbocycles. The maximum Gasteiger partial charge on any atom is 0.316 e. The van der Waals surface area contributed by atoms with Gasteiger partial charge in [0.15, 0.2) is 0 Å². The summed E-state index contributed by atoms with van der Waals surface area (Å²) < 4.78 is 12.0. The number of amides is 3. The van der Waals surface area contributed by atoms with Crippen molar-refractivity contribution in [1.29, 1.82) is 0 Å². The fourth-order valence-electron chi connectivity index (χ4n) is 6.46. The number of halogens is 2. The lowest BCUT2D eigenvalue weighted by Gasteiger charge is -2.31. The summed E-state index contributed by atoms with van der Waals surface area (Å²) in [6, 6.07) is 7.19. The number of hydrogen-bond donors (Lipinski definition) is 2. The number of carbonyl (C=O) groups is 2. The fraction of sp³-hybridized carbons (Fsp3) is 0.559. The van der Waals surface area contributed by atoms with Crippen molar-refractivity contribution in [2.45, 2.75) is 104 Å². The van der Waals surface area contributed by atoms with Crippen LogP contribution in [0.3, 0.4) is 0 Å². The summed E-state index contributed by atoms with van der Waals surface area (Å²) in [5, 5.41) is 8.34. The van der Waals surface area contributed by atoms with Gasteiger partial charge in [-0.25, -0.2) is 4.79 Å². The Hall–Kier alpha value is -2.81. The van der Waals surface area contributed by atoms with Gasteiger partial charge in [0.05, 0.1) is 12.7 Å². The fourth-order valence-corrected chi connectivity index (χ4v) is 7.12. The van der Waals surface area contributed by atoms with Crippen LogP contribution in [0, 0.1) is 5.92 Å². The SMILES string of the molecule is CC(=O)N1CCC(c2cccc(NC(N)=O)c2)CC1.CCCc1onc(C2=C(Cl)CCC=C2Cl)c1COC1CCCC1CC. The Bertz CT molecular complexity index is 1350. The smallest absolute Gasteiger partial charge is 0.316 e. The molecule has 1 saturated heterocycles. The molecule has 2 fully saturated rings. The molecule has 3 amide bonds. The monoisotopic (exact) mass is 644 g/mol. The standard InChI is InChI=1S/C20H27Cl2NO2.C14H19N3O2/c1-3-7-18-14(12-24-17-11-5-8-13(17)4-2)20(23-25-18)19-15(21)9-6-10-16(19)22;1-10(18)17-7-5-11(6-8-17)12-3-2-4-13(9-12)16-14(15)19/h9,13,17H,3-8,10-12H2,1-2H3;2-4,9,11H,5-8H2,1H3,(H3,15,16,19). The highest BCUT2D eigenvalue weighted by Crippen LogP contribution is 2.40. The lowest BCUT2D eigenvalue weighted by Crippen LogP contribution is -2.36. The van der Waals surface area contributed by atoms with Crippen molar-refractivity contribution in [3.05, 3.63) is 63.0 Å². The molecule has 2 aliphatic carbocycles. The number of primary amides is 1. The Morgan fingerprint density at radius 1 is 1.16 bits per heavy atom. The lowest BCUT2D eigenvalue weighted by atomic mass is 9.89. The first-order chi connectivity index (χ1) is 21.2. The van der Waals surface area contributed by atoms with Crippen molar-refractivity contribution in [2.75, 3.05) is 18.4 Å². The third-order valence-corrected chi connectivity index (χ3v) is 9.62. The third kappa shape index (κ3) is 8.89. The Morgan fingerprint density at radius 2 is 1.93 bits per heavy atom. The molecule has 1 saturated carbocycles. The van der Waals surface area contributed by atoms with Crippen molar-refractivity contribution in [2.24, 2.45) is 11.7 Å². The maximum atomic E-state index is 11.3. The molecular formula is C34H46Cl2N4O4. The number of anilines is 1. The minimum atomic E-state index is -0.552. The van der Waals surface area contributed by atoms with E-state index < -0.39 is 6.03 Å². The Morgan fingerprint density at radius 3 is 2.59 bits per heavy atom. The van der Waals surface area contributed by atoms with E-state index in [1.165, 1.54) is 24.8 Å². The molecule has 2 atom stereocenters. The van der Waals surface area contributed by atoms with Gasteiger partial charge in [-0.1, -0.05) is 73.3 Å². The van der Waals surface area contributed by atoms with Crippen molar-refractivity contribution in [3.63, 3.8) is 0 Å². The predicted octanol–water partition coefficient (Wildman–Crippen LogP) is 8.49. The van der Waals surface area contributed by atoms with E-state index in [9.17, 15) is 9.59 Å². The number of allylic oxidation sites excluding steroid dienone is 4. The second kappa shape index (κ2) is 16.5. The van der Waals surface area contributed by atoms with Crippen molar-refractivity contribution in [3.8, 4) is 0 Å². The molecular weight excluding hydrogens is 599 g/mol. The number of nitrogens with two attached hydrogens (primary N) is 1. The van der Waals surface area contributed by atoms with Crippen molar-refractivity contribution in [1.82, 2.24) is 10.1 Å². The summed E-state index contributed by atoms with van der Waals surface area (Å²) in [6.45, 7) is 8.11. The van der Waals surface area contributed by atoms with Gasteiger partial charge >= 0.3 is 6.03 Å². The lowest BCUT2D eigenvalue weighted by molar-refractivity contribution is -0.129. The van der Waals surface area contributed by atoms with E-state index >= 15 is 0 Å². The number of urea groups is 1. The van der Waals surface area contributed by atoms with E-state index in [2.05, 4.69) is 30.4 Å². The normalized spacial score (nSPS) is 20.7. The van der Waals surface area contributed by atoms with Gasteiger partial charge < -0.3 is 25.2 Å². The van der Waals surface area contributed by atoms with Crippen LogP contribution in [0.5, 0.6) is 0 Å². The molecule has 240 valence electrons. The van der Waals surface area contributed by atoms with Gasteiger partial charge in [-0.05, 0) is 74.5 Å². The zero-order valence-electron chi connectivity index (χ0n) is 26.2. The van der Waals surface area contributed by atoms with E-state index in [1.807, 2.05) is 29.2 Å². The molecule has 3 N–H and O–H groups in total. The molecule has 2 heterocycles. The highest BCUT2D eigenvalue weighted by atomic mass is 35.5. The Kier molecular flexibility index (Phi) is 12.8. The number of likely N-dealkylation sites (tertiary alicyclic amines) is 1. The molecule has 0 bridgehead atoms. The largest absolute Gasteiger partial charge is 0.373 e. The van der Waals surface area contributed by atoms with Crippen LogP contribution in [0.2, 0.25) is 0 Å². The number of carbonyl (C=O) groups excluding carboxylic acids is 2. The zero-order valence-corrected chi connectivity index (χ0v) is 27.7. The summed E-state index contributed by atoms with van der Waals surface area (Å²) in [7, 11) is 0. The van der Waals surface area contributed by atoms with Gasteiger partial charge in [-0.15, -0.1) is 0 Å². The summed E-state index contributed by atoms with van der Waals surface area (Å²) in [4.78, 5) is 24.0. The maximum absolute atomic E-state index is 11.3. The highest BCUT2D eigenvalue weighted by Gasteiger charge is 2.29. The number of aryl methyl sites for hydroxylation is 1. The summed E-state index contributed by atoms with van der Waals surface area (Å²) in [5.41, 5.74) is 9.62. The molecule has 0 spiro atoms. The number of rotatable bonds is 9. The summed E-state index contributed by atoms with van der Waals surface area (Å²) >= 11 is 12.9. The van der Waals surface area contributed by atoms with Gasteiger partial charge in [0.25, 0.3) is 0 Å². The van der Waals surface area contributed by atoms with Crippen LogP contribution in [0.1, 0.15) is 107 Å². The number of aromatic nitrogens is 1. The summed E-state index contributed by atoms with van der Waals surface area (Å²) in [6.07, 6.45) is 12.6. The Labute approximate surface area is 271 Å². The first-order valence-electron chi connectivity index (χ1n) is 16.0. The molecule has 44 heavy (non-hydrogen) atoms. The molecule has 1 aliphatic heterocycles. The van der Waals surface area contributed by atoms with Crippen LogP contribution >= 0.6 is 23.2 Å². The average Bonchev–Trinajstić information content (AvgIpc) is 3.63. The molecule has 5 rings (SSSR count). The van der Waals surface area contributed by atoms with Crippen LogP contribution in [0.4, 0.5) is 10.5 Å². The van der Waals surface area contributed by atoms with Crippen LogP contribution < -0.4 is 11.1 Å². The van der Waals surface area contributed by atoms with E-state index in [4.69, 9.17) is 38.2 Å². The molecule has 10 heteroatoms. The van der Waals surface area contributed by atoms with Crippen LogP contribution in [-0.4, -0.2) is 41.2 Å². The highest BCUT2D eigenvalue weighted by molar-refractivity contribution is 6.42. The first kappa shape index (κ1) is 34.1. The number of ether oxygens (including phenoxy) is 1. The number of nitrogens with zero attached hydrogens (tertiary/aromatic N) is 2. The Balaban J connectivity index is 0.000000209. The molecule has 1 aromatic heterocycles. The number of hydrogen-bond acceptors (Lipinski definition) is 5. The third-order valence-electron chi connectivity index (χ3n) is 8.90. The van der Waals surface area contributed by atoms with Gasteiger partial charge in [0.1, 0.15) is 11.5 Å². The number of benzene rings is 1. The van der Waals surface area contributed by atoms with E-state index in [0.717, 1.165) is 91.3 Å². The average molecular weight is 646 g/mol. The molecule has 3 aliphatic rings. The quantitative estimate of drug-likeness (QED) is 0.284. The number of nitrogens with one attached hydrogen (secondary N) is 1. The summed E-state index contributed by atoms with van der Waals surface area (Å²) in [5.74, 6) is 2.14. The van der Waals surface area contributed by atoms with Crippen molar-refractivity contribution < 1.29 is 18.8 Å².